The van der Waals surface area contributed by atoms with Crippen LogP contribution < -0.4 is 11.1 Å². The van der Waals surface area contributed by atoms with Crippen LogP contribution in [-0.2, 0) is 6.42 Å². The number of rotatable bonds is 4. The third-order valence-corrected chi connectivity index (χ3v) is 2.46. The highest BCUT2D eigenvalue weighted by molar-refractivity contribution is 5.55. The smallest absolute Gasteiger partial charge is 0.153 e. The van der Waals surface area contributed by atoms with Crippen molar-refractivity contribution in [1.82, 2.24) is 10.2 Å². The lowest BCUT2D eigenvalue weighted by Gasteiger charge is -2.06. The van der Waals surface area contributed by atoms with Crippen LogP contribution in [0.1, 0.15) is 11.3 Å². The summed E-state index contributed by atoms with van der Waals surface area (Å²) in [5.41, 5.74) is 8.66. The number of nitrogens with zero attached hydrogens (tertiary/aromatic N) is 2. The van der Waals surface area contributed by atoms with Gasteiger partial charge in [0.1, 0.15) is 0 Å². The van der Waals surface area contributed by atoms with Crippen LogP contribution in [0.25, 0.3) is 0 Å². The fourth-order valence-corrected chi connectivity index (χ4v) is 1.53. The predicted molar refractivity (Wildman–Crippen MR) is 69.3 cm³/mol. The number of aryl methyl sites for hydroxylation is 1. The van der Waals surface area contributed by atoms with Crippen LogP contribution in [-0.4, -0.2) is 16.7 Å². The average molecular weight is 228 g/mol. The predicted octanol–water partition coefficient (Wildman–Crippen LogP) is 2.03. The molecule has 4 nitrogen and oxygen atoms in total. The Morgan fingerprint density at radius 1 is 1.06 bits per heavy atom. The zero-order valence-corrected chi connectivity index (χ0v) is 9.85. The van der Waals surface area contributed by atoms with E-state index >= 15 is 0 Å². The molecular weight excluding hydrogens is 212 g/mol. The van der Waals surface area contributed by atoms with Crippen molar-refractivity contribution in [2.24, 2.45) is 5.73 Å². The average Bonchev–Trinajstić information content (AvgIpc) is 2.35. The Kier molecular flexibility index (Phi) is 3.67. The summed E-state index contributed by atoms with van der Waals surface area (Å²) >= 11 is 0. The molecule has 0 spiro atoms. The van der Waals surface area contributed by atoms with Crippen molar-refractivity contribution in [2.75, 3.05) is 11.9 Å². The number of benzene rings is 1. The van der Waals surface area contributed by atoms with Gasteiger partial charge in [-0.15, -0.1) is 5.10 Å². The molecule has 0 fully saturated rings. The van der Waals surface area contributed by atoms with E-state index in [4.69, 9.17) is 5.73 Å². The van der Waals surface area contributed by atoms with Crippen LogP contribution >= 0.6 is 0 Å². The molecule has 1 aromatic heterocycles. The summed E-state index contributed by atoms with van der Waals surface area (Å²) in [5.74, 6) is 0.752. The third kappa shape index (κ3) is 3.26. The Bertz CT molecular complexity index is 462. The van der Waals surface area contributed by atoms with E-state index in [-0.39, 0.29) is 0 Å². The van der Waals surface area contributed by atoms with Gasteiger partial charge in [0.2, 0.25) is 0 Å². The first-order chi connectivity index (χ1) is 8.28. The first kappa shape index (κ1) is 11.5. The molecule has 0 amide bonds. The zero-order valence-electron chi connectivity index (χ0n) is 9.85. The second kappa shape index (κ2) is 5.41. The molecule has 2 rings (SSSR count). The maximum absolute atomic E-state index is 5.50. The number of anilines is 2. The minimum absolute atomic E-state index is 0.677. The van der Waals surface area contributed by atoms with Gasteiger partial charge in [-0.3, -0.25) is 0 Å². The Morgan fingerprint density at radius 3 is 2.41 bits per heavy atom. The Hall–Kier alpha value is -1.94. The monoisotopic (exact) mass is 228 g/mol. The van der Waals surface area contributed by atoms with E-state index < -0.39 is 0 Å². The number of aromatic nitrogens is 2. The zero-order chi connectivity index (χ0) is 12.1. The standard InChI is InChI=1S/C13H16N4/c1-10-2-7-13(17-16-10)15-12-5-3-11(4-6-12)8-9-14/h2-7H,8-9,14H2,1H3,(H,15,17). The fraction of sp³-hybridized carbons (Fsp3) is 0.231. The summed E-state index contributed by atoms with van der Waals surface area (Å²) in [6, 6.07) is 12.0. The molecular formula is C13H16N4. The number of nitrogens with two attached hydrogens (primary N) is 1. The molecule has 4 heteroatoms. The Labute approximate surface area is 101 Å². The molecule has 88 valence electrons. The Balaban J connectivity index is 2.05. The second-order valence-corrected chi connectivity index (χ2v) is 3.92. The lowest BCUT2D eigenvalue weighted by molar-refractivity contribution is 0.968. The molecule has 0 bridgehead atoms. The van der Waals surface area contributed by atoms with Gasteiger partial charge in [0, 0.05) is 5.69 Å². The van der Waals surface area contributed by atoms with E-state index in [9.17, 15) is 0 Å². The molecule has 0 atom stereocenters. The van der Waals surface area contributed by atoms with Gasteiger partial charge < -0.3 is 11.1 Å². The highest BCUT2D eigenvalue weighted by atomic mass is 15.2. The quantitative estimate of drug-likeness (QED) is 0.840. The third-order valence-electron chi connectivity index (χ3n) is 2.46. The van der Waals surface area contributed by atoms with Crippen LogP contribution in [0.15, 0.2) is 36.4 Å². The summed E-state index contributed by atoms with van der Waals surface area (Å²) in [6.07, 6.45) is 0.907. The number of nitrogens with one attached hydrogen (secondary N) is 1. The highest BCUT2D eigenvalue weighted by Gasteiger charge is 1.97. The molecule has 0 aliphatic heterocycles. The van der Waals surface area contributed by atoms with Crippen LogP contribution in [0.2, 0.25) is 0 Å². The lowest BCUT2D eigenvalue weighted by atomic mass is 10.1. The maximum atomic E-state index is 5.50. The minimum Gasteiger partial charge on any atom is -0.339 e. The van der Waals surface area contributed by atoms with Crippen LogP contribution in [0.5, 0.6) is 0 Å². The van der Waals surface area contributed by atoms with Crippen molar-refractivity contribution in [3.63, 3.8) is 0 Å². The minimum atomic E-state index is 0.677. The summed E-state index contributed by atoms with van der Waals surface area (Å²) in [6.45, 7) is 2.59. The van der Waals surface area contributed by atoms with Crippen molar-refractivity contribution in [2.45, 2.75) is 13.3 Å². The van der Waals surface area contributed by atoms with Gasteiger partial charge in [0.25, 0.3) is 0 Å². The summed E-state index contributed by atoms with van der Waals surface area (Å²) < 4.78 is 0. The van der Waals surface area contributed by atoms with Gasteiger partial charge in [-0.2, -0.15) is 5.10 Å². The molecule has 0 radical (unpaired) electrons. The van der Waals surface area contributed by atoms with Gasteiger partial charge in [-0.05, 0) is 49.7 Å². The van der Waals surface area contributed by atoms with Crippen LogP contribution in [0, 0.1) is 6.92 Å². The van der Waals surface area contributed by atoms with Crippen molar-refractivity contribution in [3.05, 3.63) is 47.7 Å². The van der Waals surface area contributed by atoms with Crippen molar-refractivity contribution < 1.29 is 0 Å². The maximum Gasteiger partial charge on any atom is 0.153 e. The van der Waals surface area contributed by atoms with Gasteiger partial charge in [0.05, 0.1) is 5.69 Å². The second-order valence-electron chi connectivity index (χ2n) is 3.92. The normalized spacial score (nSPS) is 10.2. The molecule has 17 heavy (non-hydrogen) atoms. The van der Waals surface area contributed by atoms with Crippen LogP contribution in [0.3, 0.4) is 0 Å². The molecule has 0 saturated heterocycles. The molecule has 1 aromatic carbocycles. The first-order valence-corrected chi connectivity index (χ1v) is 5.64. The van der Waals surface area contributed by atoms with Crippen molar-refractivity contribution in [1.29, 1.82) is 0 Å². The van der Waals surface area contributed by atoms with Crippen molar-refractivity contribution in [3.8, 4) is 0 Å². The van der Waals surface area contributed by atoms with E-state index in [1.54, 1.807) is 0 Å². The van der Waals surface area contributed by atoms with E-state index in [1.165, 1.54) is 5.56 Å². The summed E-state index contributed by atoms with van der Waals surface area (Å²) in [7, 11) is 0. The molecule has 1 heterocycles. The van der Waals surface area contributed by atoms with Gasteiger partial charge >= 0.3 is 0 Å². The van der Waals surface area contributed by atoms with Crippen LogP contribution in [0.4, 0.5) is 11.5 Å². The Morgan fingerprint density at radius 2 is 1.82 bits per heavy atom. The molecule has 0 aliphatic rings. The number of hydrogen-bond acceptors (Lipinski definition) is 4. The first-order valence-electron chi connectivity index (χ1n) is 5.64. The van der Waals surface area contributed by atoms with Gasteiger partial charge in [-0.25, -0.2) is 0 Å². The van der Waals surface area contributed by atoms with E-state index in [2.05, 4.69) is 27.6 Å². The van der Waals surface area contributed by atoms with Crippen molar-refractivity contribution >= 4 is 11.5 Å². The highest BCUT2D eigenvalue weighted by Crippen LogP contribution is 2.14. The largest absolute Gasteiger partial charge is 0.339 e. The van der Waals surface area contributed by atoms with Gasteiger partial charge in [-0.1, -0.05) is 12.1 Å². The van der Waals surface area contributed by atoms with E-state index in [1.807, 2.05) is 31.2 Å². The molecule has 0 saturated carbocycles. The van der Waals surface area contributed by atoms with E-state index in [0.717, 1.165) is 23.6 Å². The van der Waals surface area contributed by atoms with E-state index in [0.29, 0.717) is 6.54 Å². The fourth-order valence-electron chi connectivity index (χ4n) is 1.53. The molecule has 0 aliphatic carbocycles. The SMILES string of the molecule is Cc1ccc(Nc2ccc(CCN)cc2)nn1. The molecule has 2 aromatic rings. The summed E-state index contributed by atoms with van der Waals surface area (Å²) in [4.78, 5) is 0. The topological polar surface area (TPSA) is 63.8 Å². The molecule has 0 unspecified atom stereocenters. The van der Waals surface area contributed by atoms with Gasteiger partial charge in [0.15, 0.2) is 5.82 Å². The molecule has 3 N–H and O–H groups in total. The lowest BCUT2D eigenvalue weighted by Crippen LogP contribution is -2.02. The number of hydrogen-bond donors (Lipinski definition) is 2. The summed E-state index contributed by atoms with van der Waals surface area (Å²) in [5, 5.41) is 11.2.